The van der Waals surface area contributed by atoms with E-state index in [1.807, 2.05) is 26.2 Å². The molecule has 1 aromatic carbocycles. The topological polar surface area (TPSA) is 48.9 Å². The van der Waals surface area contributed by atoms with Crippen LogP contribution in [0.5, 0.6) is 5.75 Å². The van der Waals surface area contributed by atoms with Crippen LogP contribution in [0.25, 0.3) is 0 Å². The Morgan fingerprint density at radius 2 is 2.13 bits per heavy atom. The third-order valence-electron chi connectivity index (χ3n) is 3.72. The van der Waals surface area contributed by atoms with Gasteiger partial charge >= 0.3 is 0 Å². The highest BCUT2D eigenvalue weighted by atomic mass is 16.5. The van der Waals surface area contributed by atoms with Crippen molar-refractivity contribution < 1.29 is 4.74 Å². The summed E-state index contributed by atoms with van der Waals surface area (Å²) in [6.45, 7) is 6.27. The molecule has 2 N–H and O–H groups in total. The lowest BCUT2D eigenvalue weighted by Crippen LogP contribution is -2.38. The molecule has 0 atom stereocenters. The molecular formula is C18H30N4O. The number of hydrogen-bond acceptors (Lipinski definition) is 3. The van der Waals surface area contributed by atoms with Crippen molar-refractivity contribution in [3.05, 3.63) is 29.8 Å². The van der Waals surface area contributed by atoms with Gasteiger partial charge in [0.1, 0.15) is 12.4 Å². The first kappa shape index (κ1) is 17.6. The number of nitrogens with one attached hydrogen (secondary N) is 2. The van der Waals surface area contributed by atoms with E-state index in [0.29, 0.717) is 13.2 Å². The first-order valence-corrected chi connectivity index (χ1v) is 8.56. The monoisotopic (exact) mass is 318 g/mol. The van der Waals surface area contributed by atoms with Gasteiger partial charge in [0.25, 0.3) is 0 Å². The van der Waals surface area contributed by atoms with Gasteiger partial charge in [-0.05, 0) is 57.5 Å². The van der Waals surface area contributed by atoms with Crippen LogP contribution in [-0.4, -0.2) is 51.2 Å². The first-order valence-electron chi connectivity index (χ1n) is 8.56. The second kappa shape index (κ2) is 9.40. The summed E-state index contributed by atoms with van der Waals surface area (Å²) < 4.78 is 5.78. The molecule has 128 valence electrons. The fourth-order valence-electron chi connectivity index (χ4n) is 2.15. The van der Waals surface area contributed by atoms with Gasteiger partial charge < -0.3 is 20.3 Å². The van der Waals surface area contributed by atoms with Gasteiger partial charge in [0.2, 0.25) is 0 Å². The van der Waals surface area contributed by atoms with E-state index >= 15 is 0 Å². The fraction of sp³-hybridized carbons (Fsp3) is 0.611. The zero-order valence-corrected chi connectivity index (χ0v) is 14.6. The lowest BCUT2D eigenvalue weighted by molar-refractivity contribution is 0.261. The molecule has 0 aromatic heterocycles. The third kappa shape index (κ3) is 7.37. The minimum absolute atomic E-state index is 0.658. The second-order valence-corrected chi connectivity index (χ2v) is 6.32. The maximum Gasteiger partial charge on any atom is 0.191 e. The molecule has 0 saturated heterocycles. The van der Waals surface area contributed by atoms with E-state index in [0.717, 1.165) is 42.8 Å². The molecule has 5 nitrogen and oxygen atoms in total. The molecule has 5 heteroatoms. The summed E-state index contributed by atoms with van der Waals surface area (Å²) in [5, 5.41) is 6.72. The number of guanidine groups is 1. The molecule has 0 radical (unpaired) electrons. The highest BCUT2D eigenvalue weighted by Gasteiger charge is 2.20. The van der Waals surface area contributed by atoms with Crippen molar-refractivity contribution in [1.29, 1.82) is 0 Å². The highest BCUT2D eigenvalue weighted by molar-refractivity contribution is 5.79. The number of rotatable bonds is 9. The van der Waals surface area contributed by atoms with Gasteiger partial charge in [-0.15, -0.1) is 0 Å². The lowest BCUT2D eigenvalue weighted by atomic mass is 10.2. The van der Waals surface area contributed by atoms with Crippen LogP contribution < -0.4 is 15.4 Å². The van der Waals surface area contributed by atoms with Crippen LogP contribution >= 0.6 is 0 Å². The van der Waals surface area contributed by atoms with Crippen molar-refractivity contribution >= 4 is 5.96 Å². The number of ether oxygens (including phenoxy) is 1. The number of nitrogens with zero attached hydrogens (tertiary/aromatic N) is 2. The lowest BCUT2D eigenvalue weighted by Gasteiger charge is -2.12. The molecule has 0 aliphatic heterocycles. The number of likely N-dealkylation sites (N-methyl/N-ethyl adjacent to an activating group) is 1. The smallest absolute Gasteiger partial charge is 0.191 e. The molecule has 0 heterocycles. The predicted molar refractivity (Wildman–Crippen MR) is 96.0 cm³/mol. The van der Waals surface area contributed by atoms with Gasteiger partial charge in [-0.2, -0.15) is 0 Å². The Kier molecular flexibility index (Phi) is 7.20. The van der Waals surface area contributed by atoms with Crippen LogP contribution in [0.2, 0.25) is 0 Å². The molecule has 1 aromatic rings. The highest BCUT2D eigenvalue weighted by Crippen LogP contribution is 2.27. The Morgan fingerprint density at radius 1 is 1.30 bits per heavy atom. The van der Waals surface area contributed by atoms with Gasteiger partial charge in [0.05, 0.1) is 6.54 Å². The van der Waals surface area contributed by atoms with Gasteiger partial charge in [-0.25, -0.2) is 4.99 Å². The summed E-state index contributed by atoms with van der Waals surface area (Å²) in [4.78, 5) is 6.78. The zero-order chi connectivity index (χ0) is 16.5. The molecular weight excluding hydrogens is 288 g/mol. The van der Waals surface area contributed by atoms with Crippen molar-refractivity contribution in [2.45, 2.75) is 26.3 Å². The second-order valence-electron chi connectivity index (χ2n) is 6.32. The van der Waals surface area contributed by atoms with E-state index in [9.17, 15) is 0 Å². The molecule has 0 unspecified atom stereocenters. The number of benzene rings is 1. The molecule has 1 aliphatic carbocycles. The van der Waals surface area contributed by atoms with Crippen molar-refractivity contribution in [2.24, 2.45) is 10.9 Å². The Hall–Kier alpha value is -1.75. The van der Waals surface area contributed by atoms with E-state index in [4.69, 9.17) is 4.74 Å². The Labute approximate surface area is 140 Å². The Morgan fingerprint density at radius 3 is 2.83 bits per heavy atom. The summed E-state index contributed by atoms with van der Waals surface area (Å²) in [5.74, 6) is 2.65. The molecule has 0 bridgehead atoms. The van der Waals surface area contributed by atoms with E-state index < -0.39 is 0 Å². The predicted octanol–water partition coefficient (Wildman–Crippen LogP) is 2.09. The Bertz CT molecular complexity index is 498. The molecule has 1 saturated carbocycles. The van der Waals surface area contributed by atoms with Crippen LogP contribution in [0.4, 0.5) is 0 Å². The maximum absolute atomic E-state index is 5.78. The average molecular weight is 318 g/mol. The van der Waals surface area contributed by atoms with Crippen LogP contribution in [0.1, 0.15) is 25.3 Å². The van der Waals surface area contributed by atoms with Crippen molar-refractivity contribution in [2.75, 3.05) is 40.3 Å². The largest absolute Gasteiger partial charge is 0.492 e. The summed E-state index contributed by atoms with van der Waals surface area (Å²) in [6.07, 6.45) is 2.69. The molecule has 23 heavy (non-hydrogen) atoms. The van der Waals surface area contributed by atoms with Crippen LogP contribution in [0.15, 0.2) is 29.3 Å². The van der Waals surface area contributed by atoms with Gasteiger partial charge in [0, 0.05) is 19.6 Å². The maximum atomic E-state index is 5.78. The molecule has 1 aliphatic rings. The third-order valence-corrected chi connectivity index (χ3v) is 3.72. The average Bonchev–Trinajstić information content (AvgIpc) is 3.34. The quantitative estimate of drug-likeness (QED) is 0.541. The van der Waals surface area contributed by atoms with Crippen molar-refractivity contribution in [1.82, 2.24) is 15.5 Å². The van der Waals surface area contributed by atoms with Crippen molar-refractivity contribution in [3.63, 3.8) is 0 Å². The standard InChI is InChI=1S/C18H30N4O/c1-4-19-18(20-13-15-8-9-15)21-14-16-6-5-7-17(12-16)23-11-10-22(2)3/h5-7,12,15H,4,8-11,13-14H2,1-3H3,(H2,19,20,21). The first-order chi connectivity index (χ1) is 11.2. The van der Waals surface area contributed by atoms with Crippen LogP contribution in [0, 0.1) is 5.92 Å². The van der Waals surface area contributed by atoms with Gasteiger partial charge in [-0.1, -0.05) is 12.1 Å². The van der Waals surface area contributed by atoms with E-state index in [1.54, 1.807) is 0 Å². The zero-order valence-electron chi connectivity index (χ0n) is 14.6. The Balaban J connectivity index is 1.85. The van der Waals surface area contributed by atoms with Crippen LogP contribution in [-0.2, 0) is 6.54 Å². The normalized spacial score (nSPS) is 14.9. The van der Waals surface area contributed by atoms with Gasteiger partial charge in [0.15, 0.2) is 5.96 Å². The van der Waals surface area contributed by atoms with Crippen molar-refractivity contribution in [3.8, 4) is 5.75 Å². The summed E-state index contributed by atoms with van der Waals surface area (Å²) in [7, 11) is 4.09. The summed E-state index contributed by atoms with van der Waals surface area (Å²) in [5.41, 5.74) is 1.16. The minimum atomic E-state index is 0.658. The minimum Gasteiger partial charge on any atom is -0.492 e. The molecule has 1 fully saturated rings. The van der Waals surface area contributed by atoms with E-state index in [1.165, 1.54) is 12.8 Å². The van der Waals surface area contributed by atoms with E-state index in [-0.39, 0.29) is 0 Å². The molecule has 0 amide bonds. The molecule has 2 rings (SSSR count). The fourth-order valence-corrected chi connectivity index (χ4v) is 2.15. The SMILES string of the molecule is CCNC(=NCc1cccc(OCCN(C)C)c1)NCC1CC1. The van der Waals surface area contributed by atoms with Gasteiger partial charge in [-0.3, -0.25) is 0 Å². The summed E-state index contributed by atoms with van der Waals surface area (Å²) in [6, 6.07) is 8.19. The van der Waals surface area contributed by atoms with E-state index in [2.05, 4.69) is 39.6 Å². The number of aliphatic imine (C=N–C) groups is 1. The summed E-state index contributed by atoms with van der Waals surface area (Å²) >= 11 is 0. The molecule has 0 spiro atoms. The number of hydrogen-bond donors (Lipinski definition) is 2. The van der Waals surface area contributed by atoms with Crippen LogP contribution in [0.3, 0.4) is 0 Å².